The molecule has 28 heavy (non-hydrogen) atoms. The molecule has 0 aliphatic carbocycles. The summed E-state index contributed by atoms with van der Waals surface area (Å²) in [7, 11) is 0. The lowest BCUT2D eigenvalue weighted by molar-refractivity contribution is -0.124. The van der Waals surface area contributed by atoms with Crippen molar-refractivity contribution < 1.29 is 14.3 Å². The number of thiophene rings is 1. The highest BCUT2D eigenvalue weighted by Crippen LogP contribution is 2.18. The summed E-state index contributed by atoms with van der Waals surface area (Å²) in [6.07, 6.45) is 0. The molecule has 2 aromatic heterocycles. The number of nitrogens with zero attached hydrogens (tertiary/aromatic N) is 2. The Balaban J connectivity index is 1.77. The number of carbonyl (C=O) groups is 2. The summed E-state index contributed by atoms with van der Waals surface area (Å²) in [6, 6.07) is 10.2. The standard InChI is InChI=1S/C20H21N3O4S/c1-12(2)23-19(25)15-8-5-4-7-14(15)18(22-23)20(26)27-11-17(24)21-13(3)16-9-6-10-28-16/h4-10,12-13H,11H2,1-3H3,(H,21,24)/t13-/m0/s1. The second-order valence-electron chi connectivity index (χ2n) is 6.62. The highest BCUT2D eigenvalue weighted by Gasteiger charge is 2.20. The number of benzene rings is 1. The van der Waals surface area contributed by atoms with E-state index in [9.17, 15) is 14.4 Å². The predicted molar refractivity (Wildman–Crippen MR) is 108 cm³/mol. The fourth-order valence-electron chi connectivity index (χ4n) is 2.80. The minimum atomic E-state index is -0.746. The molecule has 3 aromatic rings. The third-order valence-corrected chi connectivity index (χ3v) is 5.25. The van der Waals surface area contributed by atoms with E-state index < -0.39 is 18.5 Å². The highest BCUT2D eigenvalue weighted by atomic mass is 32.1. The Labute approximate surface area is 165 Å². The molecule has 1 atom stereocenters. The molecule has 1 aromatic carbocycles. The van der Waals surface area contributed by atoms with Gasteiger partial charge in [-0.25, -0.2) is 9.48 Å². The molecule has 0 aliphatic heterocycles. The maximum absolute atomic E-state index is 12.6. The Bertz CT molecular complexity index is 1060. The average Bonchev–Trinajstić information content (AvgIpc) is 3.21. The third-order valence-electron chi connectivity index (χ3n) is 4.19. The molecule has 0 radical (unpaired) electrons. The van der Waals surface area contributed by atoms with Gasteiger partial charge in [-0.3, -0.25) is 9.59 Å². The number of nitrogens with one attached hydrogen (secondary N) is 1. The molecule has 146 valence electrons. The number of aromatic nitrogens is 2. The predicted octanol–water partition coefficient (Wildman–Crippen LogP) is 3.07. The average molecular weight is 399 g/mol. The molecule has 0 aliphatic rings. The van der Waals surface area contributed by atoms with E-state index >= 15 is 0 Å². The normalized spacial score (nSPS) is 12.1. The van der Waals surface area contributed by atoms with Crippen molar-refractivity contribution in [3.63, 3.8) is 0 Å². The van der Waals surface area contributed by atoms with E-state index in [-0.39, 0.29) is 23.3 Å². The molecule has 0 unspecified atom stereocenters. The molecule has 3 rings (SSSR count). The highest BCUT2D eigenvalue weighted by molar-refractivity contribution is 7.10. The van der Waals surface area contributed by atoms with Gasteiger partial charge >= 0.3 is 5.97 Å². The van der Waals surface area contributed by atoms with Crippen LogP contribution in [0.3, 0.4) is 0 Å². The third kappa shape index (κ3) is 4.12. The number of esters is 1. The Morgan fingerprint density at radius 3 is 2.50 bits per heavy atom. The van der Waals surface area contributed by atoms with E-state index in [1.165, 1.54) is 16.0 Å². The lowest BCUT2D eigenvalue weighted by atomic mass is 10.1. The van der Waals surface area contributed by atoms with Gasteiger partial charge in [0.05, 0.1) is 17.5 Å². The first-order chi connectivity index (χ1) is 13.4. The second-order valence-corrected chi connectivity index (χ2v) is 7.60. The maximum Gasteiger partial charge on any atom is 0.359 e. The monoisotopic (exact) mass is 399 g/mol. The van der Waals surface area contributed by atoms with Gasteiger partial charge in [-0.05, 0) is 38.3 Å². The first-order valence-electron chi connectivity index (χ1n) is 8.90. The van der Waals surface area contributed by atoms with Crippen LogP contribution in [0.15, 0.2) is 46.6 Å². The molecule has 0 bridgehead atoms. The van der Waals surface area contributed by atoms with Crippen LogP contribution in [-0.2, 0) is 9.53 Å². The molecule has 0 saturated carbocycles. The SMILES string of the molecule is CC(C)n1nc(C(=O)OCC(=O)N[C@@H](C)c2cccs2)c2ccccc2c1=O. The van der Waals surface area contributed by atoms with Crippen LogP contribution in [0.5, 0.6) is 0 Å². The zero-order chi connectivity index (χ0) is 20.3. The van der Waals surface area contributed by atoms with Crippen LogP contribution in [-0.4, -0.2) is 28.3 Å². The molecular weight excluding hydrogens is 378 g/mol. The van der Waals surface area contributed by atoms with Gasteiger partial charge < -0.3 is 10.1 Å². The van der Waals surface area contributed by atoms with Crippen LogP contribution >= 0.6 is 11.3 Å². The van der Waals surface area contributed by atoms with Crippen molar-refractivity contribution in [3.8, 4) is 0 Å². The van der Waals surface area contributed by atoms with E-state index in [0.29, 0.717) is 10.8 Å². The van der Waals surface area contributed by atoms with Gasteiger partial charge in [0.15, 0.2) is 12.3 Å². The van der Waals surface area contributed by atoms with Gasteiger partial charge in [-0.2, -0.15) is 5.10 Å². The van der Waals surface area contributed by atoms with Crippen molar-refractivity contribution in [2.24, 2.45) is 0 Å². The molecule has 7 nitrogen and oxygen atoms in total. The Morgan fingerprint density at radius 2 is 1.86 bits per heavy atom. The van der Waals surface area contributed by atoms with Crippen LogP contribution < -0.4 is 10.9 Å². The zero-order valence-corrected chi connectivity index (χ0v) is 16.7. The minimum absolute atomic E-state index is 0.0167. The summed E-state index contributed by atoms with van der Waals surface area (Å²) in [5.41, 5.74) is -0.257. The molecule has 0 saturated heterocycles. The van der Waals surface area contributed by atoms with E-state index in [0.717, 1.165) is 4.88 Å². The number of fused-ring (bicyclic) bond motifs is 1. The summed E-state index contributed by atoms with van der Waals surface area (Å²) in [5.74, 6) is -1.15. The number of rotatable bonds is 6. The van der Waals surface area contributed by atoms with Crippen molar-refractivity contribution in [1.29, 1.82) is 0 Å². The smallest absolute Gasteiger partial charge is 0.359 e. The molecule has 8 heteroatoms. The van der Waals surface area contributed by atoms with Crippen LogP contribution in [0.25, 0.3) is 10.8 Å². The van der Waals surface area contributed by atoms with Gasteiger partial charge in [0.2, 0.25) is 0 Å². The lowest BCUT2D eigenvalue weighted by Gasteiger charge is -2.14. The first-order valence-corrected chi connectivity index (χ1v) is 9.78. The van der Waals surface area contributed by atoms with Gasteiger partial charge in [0, 0.05) is 10.3 Å². The van der Waals surface area contributed by atoms with Crippen LogP contribution in [0.4, 0.5) is 0 Å². The molecule has 2 heterocycles. The molecule has 0 spiro atoms. The molecule has 0 fully saturated rings. The fraction of sp³-hybridized carbons (Fsp3) is 0.300. The van der Waals surface area contributed by atoms with Crippen LogP contribution in [0.2, 0.25) is 0 Å². The fourth-order valence-corrected chi connectivity index (χ4v) is 3.53. The van der Waals surface area contributed by atoms with Crippen LogP contribution in [0, 0.1) is 0 Å². The van der Waals surface area contributed by atoms with E-state index in [2.05, 4.69) is 10.4 Å². The minimum Gasteiger partial charge on any atom is -0.451 e. The van der Waals surface area contributed by atoms with E-state index in [4.69, 9.17) is 4.74 Å². The maximum atomic E-state index is 12.6. The van der Waals surface area contributed by atoms with Gasteiger partial charge in [-0.1, -0.05) is 24.3 Å². The number of hydrogen-bond acceptors (Lipinski definition) is 6. The Morgan fingerprint density at radius 1 is 1.14 bits per heavy atom. The Kier molecular flexibility index (Phi) is 5.89. The van der Waals surface area contributed by atoms with Gasteiger partial charge in [0.25, 0.3) is 11.5 Å². The van der Waals surface area contributed by atoms with Crippen molar-refractivity contribution in [2.75, 3.05) is 6.61 Å². The number of carbonyl (C=O) groups excluding carboxylic acids is 2. The lowest BCUT2D eigenvalue weighted by Crippen LogP contribution is -2.32. The molecule has 1 amide bonds. The summed E-state index contributed by atoms with van der Waals surface area (Å²) in [5, 5.41) is 9.68. The number of amides is 1. The topological polar surface area (TPSA) is 90.3 Å². The van der Waals surface area contributed by atoms with Gasteiger partial charge in [-0.15, -0.1) is 11.3 Å². The largest absolute Gasteiger partial charge is 0.451 e. The summed E-state index contributed by atoms with van der Waals surface area (Å²) in [6.45, 7) is 5.04. The van der Waals surface area contributed by atoms with Crippen LogP contribution in [0.1, 0.15) is 48.2 Å². The van der Waals surface area contributed by atoms with Gasteiger partial charge in [0.1, 0.15) is 0 Å². The van der Waals surface area contributed by atoms with Crippen molar-refractivity contribution in [1.82, 2.24) is 15.1 Å². The number of hydrogen-bond donors (Lipinski definition) is 1. The first kappa shape index (κ1) is 19.8. The summed E-state index contributed by atoms with van der Waals surface area (Å²) < 4.78 is 6.41. The Hall–Kier alpha value is -3.00. The number of ether oxygens (including phenoxy) is 1. The van der Waals surface area contributed by atoms with Crippen molar-refractivity contribution in [3.05, 3.63) is 62.7 Å². The molecular formula is C20H21N3O4S. The zero-order valence-electron chi connectivity index (χ0n) is 15.8. The van der Waals surface area contributed by atoms with E-state index in [1.807, 2.05) is 24.4 Å². The summed E-state index contributed by atoms with van der Waals surface area (Å²) >= 11 is 1.54. The molecule has 1 N–H and O–H groups in total. The summed E-state index contributed by atoms with van der Waals surface area (Å²) in [4.78, 5) is 38.2. The van der Waals surface area contributed by atoms with Crippen molar-refractivity contribution >= 4 is 34.0 Å². The quantitative estimate of drug-likeness (QED) is 0.644. The van der Waals surface area contributed by atoms with E-state index in [1.54, 1.807) is 38.1 Å². The second kappa shape index (κ2) is 8.35. The van der Waals surface area contributed by atoms with Crippen molar-refractivity contribution in [2.45, 2.75) is 32.9 Å².